The maximum absolute atomic E-state index is 13.2. The molecule has 3 aromatic carbocycles. The van der Waals surface area contributed by atoms with Crippen LogP contribution >= 0.6 is 0 Å². The number of hydrogen-bond acceptors (Lipinski definition) is 4. The van der Waals surface area contributed by atoms with E-state index in [2.05, 4.69) is 27.7 Å². The number of ether oxygens (including phenoxy) is 1. The topological polar surface area (TPSA) is 70.7 Å². The van der Waals surface area contributed by atoms with Crippen LogP contribution in [0.25, 0.3) is 0 Å². The first-order valence-electron chi connectivity index (χ1n) is 11.7. The van der Waals surface area contributed by atoms with E-state index < -0.39 is 12.1 Å². The molecule has 34 heavy (non-hydrogen) atoms. The Balaban J connectivity index is 1.33. The number of hydrogen-bond donors (Lipinski definition) is 2. The Hall–Kier alpha value is -3.64. The predicted octanol–water partition coefficient (Wildman–Crippen LogP) is 3.91. The summed E-state index contributed by atoms with van der Waals surface area (Å²) in [7, 11) is 0. The second-order valence-corrected chi connectivity index (χ2v) is 8.66. The molecular formula is C28H31N3O3. The molecule has 4 rings (SSSR count). The molecule has 1 aliphatic heterocycles. The molecule has 0 bridgehead atoms. The van der Waals surface area contributed by atoms with Crippen LogP contribution in [0.15, 0.2) is 91.0 Å². The number of amides is 2. The number of nitrogens with one attached hydrogen (secondary N) is 2. The van der Waals surface area contributed by atoms with Crippen LogP contribution in [0.1, 0.15) is 23.1 Å². The molecule has 0 spiro atoms. The standard InChI is InChI=1S/C28H31N3O3/c32-27(29-25-16-17-31(20-25)19-23-12-6-2-7-13-23)26(18-22-10-4-1-5-11-22)30-28(33)34-21-24-14-8-3-9-15-24/h1-15,25-26H,16-21H2,(H,29,32)(H,30,33)/t25-,26+/m0/s1. The van der Waals surface area contributed by atoms with Crippen molar-refractivity contribution in [3.05, 3.63) is 108 Å². The third kappa shape index (κ3) is 7.18. The second kappa shape index (κ2) is 12.0. The molecule has 0 radical (unpaired) electrons. The van der Waals surface area contributed by atoms with Gasteiger partial charge in [-0.1, -0.05) is 91.0 Å². The van der Waals surface area contributed by atoms with Crippen molar-refractivity contribution in [3.8, 4) is 0 Å². The minimum atomic E-state index is -0.714. The van der Waals surface area contributed by atoms with Crippen LogP contribution < -0.4 is 10.6 Å². The highest BCUT2D eigenvalue weighted by atomic mass is 16.5. The van der Waals surface area contributed by atoms with Gasteiger partial charge in [0.2, 0.25) is 5.91 Å². The van der Waals surface area contributed by atoms with E-state index in [4.69, 9.17) is 4.74 Å². The van der Waals surface area contributed by atoms with Crippen molar-refractivity contribution in [3.63, 3.8) is 0 Å². The van der Waals surface area contributed by atoms with Crippen LogP contribution in [0.2, 0.25) is 0 Å². The van der Waals surface area contributed by atoms with Gasteiger partial charge in [-0.3, -0.25) is 9.69 Å². The van der Waals surface area contributed by atoms with Crippen molar-refractivity contribution in [2.45, 2.75) is 38.1 Å². The summed E-state index contributed by atoms with van der Waals surface area (Å²) in [5.74, 6) is -0.188. The smallest absolute Gasteiger partial charge is 0.408 e. The Morgan fingerprint density at radius 1 is 0.853 bits per heavy atom. The molecule has 0 aliphatic carbocycles. The van der Waals surface area contributed by atoms with Gasteiger partial charge >= 0.3 is 6.09 Å². The average molecular weight is 458 g/mol. The molecule has 1 saturated heterocycles. The van der Waals surface area contributed by atoms with Gasteiger partial charge < -0.3 is 15.4 Å². The van der Waals surface area contributed by atoms with Gasteiger partial charge in [-0.05, 0) is 23.1 Å². The summed E-state index contributed by atoms with van der Waals surface area (Å²) in [6.45, 7) is 2.74. The molecular weight excluding hydrogens is 426 g/mol. The van der Waals surface area contributed by atoms with Crippen LogP contribution in [0, 0.1) is 0 Å². The van der Waals surface area contributed by atoms with Crippen molar-refractivity contribution in [1.29, 1.82) is 0 Å². The molecule has 0 saturated carbocycles. The zero-order valence-corrected chi connectivity index (χ0v) is 19.2. The van der Waals surface area contributed by atoms with Gasteiger partial charge in [0.05, 0.1) is 0 Å². The summed E-state index contributed by atoms with van der Waals surface area (Å²) in [5, 5.41) is 5.92. The fraction of sp³-hybridized carbons (Fsp3) is 0.286. The van der Waals surface area contributed by atoms with Gasteiger partial charge in [-0.15, -0.1) is 0 Å². The van der Waals surface area contributed by atoms with E-state index in [9.17, 15) is 9.59 Å². The van der Waals surface area contributed by atoms with Gasteiger partial charge in [-0.25, -0.2) is 4.79 Å². The lowest BCUT2D eigenvalue weighted by Crippen LogP contribution is -2.51. The third-order valence-corrected chi connectivity index (χ3v) is 5.97. The Kier molecular flexibility index (Phi) is 8.30. The van der Waals surface area contributed by atoms with E-state index in [1.807, 2.05) is 78.9 Å². The van der Waals surface area contributed by atoms with E-state index in [0.717, 1.165) is 37.2 Å². The monoisotopic (exact) mass is 457 g/mol. The quantitative estimate of drug-likeness (QED) is 0.511. The zero-order chi connectivity index (χ0) is 23.6. The minimum Gasteiger partial charge on any atom is -0.445 e. The van der Waals surface area contributed by atoms with Crippen LogP contribution in [-0.4, -0.2) is 42.1 Å². The molecule has 6 heteroatoms. The molecule has 1 heterocycles. The third-order valence-electron chi connectivity index (χ3n) is 5.97. The molecule has 0 aromatic heterocycles. The van der Waals surface area contributed by atoms with Crippen molar-refractivity contribution in [2.75, 3.05) is 13.1 Å². The number of rotatable bonds is 9. The van der Waals surface area contributed by atoms with E-state index >= 15 is 0 Å². The van der Waals surface area contributed by atoms with E-state index in [1.54, 1.807) is 0 Å². The molecule has 2 N–H and O–H groups in total. The summed E-state index contributed by atoms with van der Waals surface area (Å²) in [5.41, 5.74) is 3.13. The van der Waals surface area contributed by atoms with Gasteiger partial charge in [0.25, 0.3) is 0 Å². The van der Waals surface area contributed by atoms with Crippen molar-refractivity contribution >= 4 is 12.0 Å². The van der Waals surface area contributed by atoms with Crippen molar-refractivity contribution in [2.24, 2.45) is 0 Å². The number of nitrogens with zero attached hydrogens (tertiary/aromatic N) is 1. The number of likely N-dealkylation sites (tertiary alicyclic amines) is 1. The largest absolute Gasteiger partial charge is 0.445 e. The number of benzene rings is 3. The lowest BCUT2D eigenvalue weighted by atomic mass is 10.0. The average Bonchev–Trinajstić information content (AvgIpc) is 3.30. The minimum absolute atomic E-state index is 0.0524. The second-order valence-electron chi connectivity index (χ2n) is 8.66. The summed E-state index contributed by atoms with van der Waals surface area (Å²) in [4.78, 5) is 28.0. The first kappa shape index (κ1) is 23.5. The van der Waals surface area contributed by atoms with Crippen molar-refractivity contribution < 1.29 is 14.3 Å². The number of carbonyl (C=O) groups is 2. The molecule has 6 nitrogen and oxygen atoms in total. The number of alkyl carbamates (subject to hydrolysis) is 1. The summed E-state index contributed by atoms with van der Waals surface area (Å²) in [6.07, 6.45) is 0.680. The van der Waals surface area contributed by atoms with Gasteiger partial charge in [0.1, 0.15) is 12.6 Å². The molecule has 0 unspecified atom stereocenters. The van der Waals surface area contributed by atoms with Crippen LogP contribution in [0.3, 0.4) is 0 Å². The highest BCUT2D eigenvalue weighted by Crippen LogP contribution is 2.14. The zero-order valence-electron chi connectivity index (χ0n) is 19.2. The maximum atomic E-state index is 13.2. The van der Waals surface area contributed by atoms with E-state index in [1.165, 1.54) is 5.56 Å². The van der Waals surface area contributed by atoms with Gasteiger partial charge in [-0.2, -0.15) is 0 Å². The lowest BCUT2D eigenvalue weighted by molar-refractivity contribution is -0.123. The first-order chi connectivity index (χ1) is 16.7. The summed E-state index contributed by atoms with van der Waals surface area (Å²) in [6, 6.07) is 28.8. The highest BCUT2D eigenvalue weighted by molar-refractivity contribution is 5.86. The van der Waals surface area contributed by atoms with Crippen molar-refractivity contribution in [1.82, 2.24) is 15.5 Å². The van der Waals surface area contributed by atoms with E-state index in [-0.39, 0.29) is 18.6 Å². The van der Waals surface area contributed by atoms with Crippen LogP contribution in [0.4, 0.5) is 4.79 Å². The van der Waals surface area contributed by atoms with Crippen LogP contribution in [-0.2, 0) is 29.1 Å². The Morgan fingerprint density at radius 2 is 1.44 bits per heavy atom. The molecule has 2 amide bonds. The molecule has 176 valence electrons. The SMILES string of the molecule is O=C(N[C@H](Cc1ccccc1)C(=O)N[C@H]1CCN(Cc2ccccc2)C1)OCc1ccccc1. The Labute approximate surface area is 200 Å². The predicted molar refractivity (Wildman–Crippen MR) is 132 cm³/mol. The Bertz CT molecular complexity index is 1040. The maximum Gasteiger partial charge on any atom is 0.408 e. The number of carbonyl (C=O) groups excluding carboxylic acids is 2. The van der Waals surface area contributed by atoms with Crippen LogP contribution in [0.5, 0.6) is 0 Å². The highest BCUT2D eigenvalue weighted by Gasteiger charge is 2.28. The molecule has 1 fully saturated rings. The normalized spacial score (nSPS) is 16.5. The molecule has 1 aliphatic rings. The fourth-order valence-electron chi connectivity index (χ4n) is 4.20. The van der Waals surface area contributed by atoms with Gasteiger partial charge in [0, 0.05) is 32.1 Å². The fourth-order valence-corrected chi connectivity index (χ4v) is 4.20. The molecule has 3 aromatic rings. The lowest BCUT2D eigenvalue weighted by Gasteiger charge is -2.22. The Morgan fingerprint density at radius 3 is 2.09 bits per heavy atom. The first-order valence-corrected chi connectivity index (χ1v) is 11.7. The van der Waals surface area contributed by atoms with Gasteiger partial charge in [0.15, 0.2) is 0 Å². The van der Waals surface area contributed by atoms with E-state index in [0.29, 0.717) is 6.42 Å². The molecule has 2 atom stereocenters. The summed E-state index contributed by atoms with van der Waals surface area (Å²) < 4.78 is 5.36. The summed E-state index contributed by atoms with van der Waals surface area (Å²) >= 11 is 0.